The van der Waals surface area contributed by atoms with E-state index in [0.29, 0.717) is 12.0 Å². The van der Waals surface area contributed by atoms with Crippen LogP contribution in [0.25, 0.3) is 6.08 Å². The first-order valence-electron chi connectivity index (χ1n) is 14.8. The number of rotatable bonds is 6. The van der Waals surface area contributed by atoms with Gasteiger partial charge in [-0.05, 0) is 52.0 Å². The molecule has 0 fully saturated rings. The average molecular weight is 600 g/mol. The lowest BCUT2D eigenvalue weighted by Gasteiger charge is -2.49. The van der Waals surface area contributed by atoms with Crippen molar-refractivity contribution >= 4 is 12.0 Å². The number of nitrogens with zero attached hydrogens (tertiary/aromatic N) is 3. The normalized spacial score (nSPS) is 17.8. The lowest BCUT2D eigenvalue weighted by atomic mass is 9.83. The Morgan fingerprint density at radius 2 is 1.49 bits per heavy atom. The molecule has 1 unspecified atom stereocenters. The van der Waals surface area contributed by atoms with E-state index in [4.69, 9.17) is 4.74 Å². The zero-order chi connectivity index (χ0) is 30.7. The summed E-state index contributed by atoms with van der Waals surface area (Å²) in [5.41, 5.74) is 3.91. The molecule has 222 valence electrons. The monoisotopic (exact) mass is 599 g/mol. The minimum absolute atomic E-state index is 0.0640. The standard InChI is InChI=1S/C37H27F2N3O3/c38-31-16-15-30-28(33(31)39)20-27-19-26-13-7-8-14-29(26)37(27,30)42-23-40(21-24-9-3-1-4-10-24)36(44)34-35(32(43)17-18-41(34)42)45-22-25-11-5-2-6-12-25/h1-18,20H,19,21-23H2. The van der Waals surface area contributed by atoms with Crippen LogP contribution in [0.5, 0.6) is 5.75 Å². The highest BCUT2D eigenvalue weighted by atomic mass is 19.2. The molecule has 2 aliphatic carbocycles. The number of amides is 1. The number of ether oxygens (including phenoxy) is 1. The third-order valence-corrected chi connectivity index (χ3v) is 9.01. The van der Waals surface area contributed by atoms with Crippen molar-refractivity contribution in [2.75, 3.05) is 11.7 Å². The van der Waals surface area contributed by atoms with E-state index in [1.165, 1.54) is 6.07 Å². The maximum atomic E-state index is 15.5. The fraction of sp³-hybridized carbons (Fsp3) is 0.135. The topological polar surface area (TPSA) is 54.8 Å². The van der Waals surface area contributed by atoms with Gasteiger partial charge in [0, 0.05) is 24.4 Å². The quantitative estimate of drug-likeness (QED) is 0.235. The number of aromatic nitrogens is 1. The van der Waals surface area contributed by atoms with E-state index in [0.717, 1.165) is 33.9 Å². The van der Waals surface area contributed by atoms with Crippen molar-refractivity contribution in [1.82, 2.24) is 9.58 Å². The number of carbonyl (C=O) groups excluding carboxylic acids is 1. The average Bonchev–Trinajstić information content (AvgIpc) is 3.56. The molecule has 1 atom stereocenters. The van der Waals surface area contributed by atoms with Crippen molar-refractivity contribution in [2.45, 2.75) is 25.1 Å². The minimum atomic E-state index is -1.07. The zero-order valence-corrected chi connectivity index (χ0v) is 24.1. The summed E-state index contributed by atoms with van der Waals surface area (Å²) < 4.78 is 37.9. The number of fused-ring (bicyclic) bond motifs is 6. The number of pyridine rings is 1. The number of hydrogen-bond donors (Lipinski definition) is 0. The molecule has 0 saturated carbocycles. The van der Waals surface area contributed by atoms with Crippen LogP contribution in [0.4, 0.5) is 8.78 Å². The van der Waals surface area contributed by atoms with Gasteiger partial charge >= 0.3 is 0 Å². The summed E-state index contributed by atoms with van der Waals surface area (Å²) in [6.07, 6.45) is 3.83. The Hall–Kier alpha value is -5.50. The van der Waals surface area contributed by atoms with Crippen LogP contribution in [-0.4, -0.2) is 22.2 Å². The van der Waals surface area contributed by atoms with E-state index < -0.39 is 22.6 Å². The second-order valence-electron chi connectivity index (χ2n) is 11.5. The molecule has 8 rings (SSSR count). The fourth-order valence-electron chi connectivity index (χ4n) is 7.06. The lowest BCUT2D eigenvalue weighted by Crippen LogP contribution is -2.62. The molecular formula is C37H27F2N3O3. The van der Waals surface area contributed by atoms with Crippen LogP contribution in [0.1, 0.15) is 43.9 Å². The second-order valence-corrected chi connectivity index (χ2v) is 11.5. The van der Waals surface area contributed by atoms with E-state index >= 15 is 4.39 Å². The maximum absolute atomic E-state index is 15.5. The molecule has 1 amide bonds. The molecule has 4 aromatic carbocycles. The third kappa shape index (κ3) is 4.05. The predicted molar refractivity (Wildman–Crippen MR) is 166 cm³/mol. The molecule has 5 aromatic rings. The second kappa shape index (κ2) is 10.3. The Morgan fingerprint density at radius 3 is 2.27 bits per heavy atom. The van der Waals surface area contributed by atoms with Gasteiger partial charge in [-0.1, -0.05) is 91.0 Å². The van der Waals surface area contributed by atoms with Crippen LogP contribution in [-0.2, 0) is 25.1 Å². The first kappa shape index (κ1) is 27.1. The van der Waals surface area contributed by atoms with Gasteiger partial charge in [-0.25, -0.2) is 8.78 Å². The molecule has 1 aliphatic heterocycles. The maximum Gasteiger partial charge on any atom is 0.278 e. The Bertz CT molecular complexity index is 2080. The highest BCUT2D eigenvalue weighted by Crippen LogP contribution is 2.56. The lowest BCUT2D eigenvalue weighted by molar-refractivity contribution is 0.0649. The molecular weight excluding hydrogens is 572 g/mol. The number of hydrogen-bond acceptors (Lipinski definition) is 4. The van der Waals surface area contributed by atoms with Crippen molar-refractivity contribution in [1.29, 1.82) is 0 Å². The molecule has 0 spiro atoms. The molecule has 0 saturated heterocycles. The first-order valence-corrected chi connectivity index (χ1v) is 14.8. The highest BCUT2D eigenvalue weighted by molar-refractivity contribution is 5.96. The van der Waals surface area contributed by atoms with E-state index in [9.17, 15) is 14.0 Å². The summed E-state index contributed by atoms with van der Waals surface area (Å²) in [4.78, 5) is 29.5. The highest BCUT2D eigenvalue weighted by Gasteiger charge is 2.56. The van der Waals surface area contributed by atoms with E-state index in [1.807, 2.05) is 89.9 Å². The number of benzene rings is 4. The van der Waals surface area contributed by atoms with Gasteiger partial charge in [0.15, 0.2) is 23.1 Å². The summed E-state index contributed by atoms with van der Waals surface area (Å²) >= 11 is 0. The van der Waals surface area contributed by atoms with Gasteiger partial charge in [0.05, 0.1) is 0 Å². The van der Waals surface area contributed by atoms with Crippen LogP contribution < -0.4 is 15.2 Å². The molecule has 3 aliphatic rings. The first-order chi connectivity index (χ1) is 22.0. The molecule has 8 heteroatoms. The Morgan fingerprint density at radius 1 is 0.778 bits per heavy atom. The van der Waals surface area contributed by atoms with Crippen molar-refractivity contribution < 1.29 is 18.3 Å². The van der Waals surface area contributed by atoms with Gasteiger partial charge in [-0.3, -0.25) is 19.3 Å². The summed E-state index contributed by atoms with van der Waals surface area (Å²) in [6, 6.07) is 31.1. The van der Waals surface area contributed by atoms with Crippen LogP contribution >= 0.6 is 0 Å². The van der Waals surface area contributed by atoms with Crippen LogP contribution in [0.2, 0.25) is 0 Å². The van der Waals surface area contributed by atoms with Gasteiger partial charge in [0.25, 0.3) is 5.91 Å². The largest absolute Gasteiger partial charge is 0.482 e. The number of halogens is 2. The fourth-order valence-corrected chi connectivity index (χ4v) is 7.06. The zero-order valence-electron chi connectivity index (χ0n) is 24.1. The molecule has 0 N–H and O–H groups in total. The Kier molecular flexibility index (Phi) is 6.20. The molecule has 2 heterocycles. The third-order valence-electron chi connectivity index (χ3n) is 9.01. The summed E-state index contributed by atoms with van der Waals surface area (Å²) in [5.74, 6) is -2.26. The smallest absolute Gasteiger partial charge is 0.278 e. The number of carbonyl (C=O) groups is 1. The molecule has 45 heavy (non-hydrogen) atoms. The molecule has 0 radical (unpaired) electrons. The Balaban J connectivity index is 1.36. The summed E-state index contributed by atoms with van der Waals surface area (Å²) in [6.45, 7) is 0.455. The van der Waals surface area contributed by atoms with Gasteiger partial charge in [0.1, 0.15) is 18.8 Å². The van der Waals surface area contributed by atoms with E-state index in [2.05, 4.69) is 0 Å². The van der Waals surface area contributed by atoms with Crippen LogP contribution in [0, 0.1) is 11.6 Å². The van der Waals surface area contributed by atoms with Gasteiger partial charge < -0.3 is 9.64 Å². The predicted octanol–water partition coefficient (Wildman–Crippen LogP) is 6.15. The molecule has 6 nitrogen and oxygen atoms in total. The SMILES string of the molecule is O=C1c2c(OCc3ccccc3)c(=O)ccn2N(C23C(=Cc4c2ccc(F)c4F)Cc2ccccc23)CN1Cc1ccccc1. The molecule has 1 aromatic heterocycles. The van der Waals surface area contributed by atoms with E-state index in [1.54, 1.807) is 27.9 Å². The van der Waals surface area contributed by atoms with Crippen molar-refractivity contribution in [3.05, 3.63) is 176 Å². The minimum Gasteiger partial charge on any atom is -0.482 e. The van der Waals surface area contributed by atoms with E-state index in [-0.39, 0.29) is 42.7 Å². The van der Waals surface area contributed by atoms with Gasteiger partial charge in [-0.2, -0.15) is 0 Å². The van der Waals surface area contributed by atoms with Crippen molar-refractivity contribution in [2.24, 2.45) is 0 Å². The van der Waals surface area contributed by atoms with Gasteiger partial charge in [-0.15, -0.1) is 0 Å². The van der Waals surface area contributed by atoms with Crippen molar-refractivity contribution in [3.63, 3.8) is 0 Å². The van der Waals surface area contributed by atoms with Gasteiger partial charge in [0.2, 0.25) is 5.43 Å². The van der Waals surface area contributed by atoms with Crippen molar-refractivity contribution in [3.8, 4) is 5.75 Å². The summed E-state index contributed by atoms with van der Waals surface area (Å²) in [7, 11) is 0. The Labute approximate surface area is 258 Å². The van der Waals surface area contributed by atoms with Crippen LogP contribution in [0.3, 0.4) is 0 Å². The van der Waals surface area contributed by atoms with Crippen LogP contribution in [0.15, 0.2) is 120 Å². The summed E-state index contributed by atoms with van der Waals surface area (Å²) in [5, 5.41) is 1.99. The molecule has 0 bridgehead atoms.